The minimum Gasteiger partial charge on any atom is -0.481 e. The average Bonchev–Trinajstić information content (AvgIpc) is 1.64. The first-order chi connectivity index (χ1) is 50.4. The van der Waals surface area contributed by atoms with Crippen molar-refractivity contribution in [1.29, 1.82) is 0 Å². The summed E-state index contributed by atoms with van der Waals surface area (Å²) in [6, 6.07) is 5.57. The Labute approximate surface area is 629 Å². The Morgan fingerprint density at radius 1 is 0.472 bits per heavy atom. The van der Waals surface area contributed by atoms with Crippen LogP contribution >= 0.6 is 0 Å². The second-order valence-corrected chi connectivity index (χ2v) is 30.9. The van der Waals surface area contributed by atoms with Crippen molar-refractivity contribution in [2.75, 3.05) is 33.0 Å². The van der Waals surface area contributed by atoms with Crippen molar-refractivity contribution in [2.24, 2.45) is 47.3 Å². The van der Waals surface area contributed by atoms with Crippen LogP contribution in [0.2, 0.25) is 0 Å². The number of carboxylic acids is 1. The number of Topliss-reactive ketones (excluding diaryl/α,β-unsaturated/α-hetero) is 5. The van der Waals surface area contributed by atoms with E-state index in [1.54, 1.807) is 24.3 Å². The first-order valence-electron chi connectivity index (χ1n) is 39.4. The lowest BCUT2D eigenvalue weighted by atomic mass is 9.83. The van der Waals surface area contributed by atoms with Crippen LogP contribution in [0.1, 0.15) is 274 Å². The quantitative estimate of drug-likeness (QED) is 0.0175. The Morgan fingerprint density at radius 2 is 0.953 bits per heavy atom. The van der Waals surface area contributed by atoms with Gasteiger partial charge in [0.25, 0.3) is 0 Å². The highest BCUT2D eigenvalue weighted by Gasteiger charge is 2.50. The van der Waals surface area contributed by atoms with Gasteiger partial charge < -0.3 is 54.8 Å². The molecule has 5 N–H and O–H groups in total. The molecule has 1 aromatic rings. The van der Waals surface area contributed by atoms with Crippen molar-refractivity contribution in [2.45, 2.75) is 311 Å². The number of fused-ring (bicyclic) bond motifs is 1. The fourth-order valence-corrected chi connectivity index (χ4v) is 13.4. The molecule has 2 aliphatic rings. The third-order valence-electron chi connectivity index (χ3n) is 19.0. The van der Waals surface area contributed by atoms with Gasteiger partial charge in [-0.25, -0.2) is 14.4 Å². The molecule has 2 aliphatic heterocycles. The molecule has 3 rings (SSSR count). The zero-order chi connectivity index (χ0) is 78.5. The summed E-state index contributed by atoms with van der Waals surface area (Å²) in [5, 5.41) is 20.0. The third-order valence-corrected chi connectivity index (χ3v) is 19.0. The maximum absolute atomic E-state index is 14.0. The highest BCUT2D eigenvalue weighted by atomic mass is 16.6. The van der Waals surface area contributed by atoms with Crippen LogP contribution in [0.25, 0.3) is 0 Å². The molecule has 0 aromatic heterocycles. The molecule has 25 nitrogen and oxygen atoms in total. The maximum atomic E-state index is 14.0. The molecule has 0 spiro atoms. The molecule has 106 heavy (non-hydrogen) atoms. The summed E-state index contributed by atoms with van der Waals surface area (Å²) in [6.07, 6.45) is 11.0. The first-order valence-corrected chi connectivity index (χ1v) is 39.4. The number of hydrogen-bond donors (Lipinski definition) is 5. The molecule has 25 heteroatoms. The third kappa shape index (κ3) is 40.6. The standard InChI is InChI=1S/C81H128N4O21/c1-11-59(40-53(2)3)78(97)101-38-28-16-17-29-39-102-80(99)67(42-55(6)7)84-72(92)48-71(91)82-37-27-26-36-66(79(98)105-50-58-30-20-18-21-31-58)83-73(93)49-74(94)85-68(43-56(8)9)81(100)106-70-52-104-75-62(51-103-76(70)75)47-69(90)61(41-54(4)5)46-64(88)35-24-15-13-12-14-23-33-63(87)34-25-19-22-32-60(77(95)96)45-65(89)44-57(10)86/h18,20-21,30-31,53-56,59-62,66-68,70,75-76H,11-17,19,22-29,32-52H2,1-10H3,(H,82,91)(H,83,93)(H,84,92)(H,85,94)(H,95,96). The number of hydrogen-bond acceptors (Lipinski definition) is 20. The molecule has 1 aromatic carbocycles. The van der Waals surface area contributed by atoms with Crippen LogP contribution < -0.4 is 21.3 Å². The molecule has 2 saturated heterocycles. The fourth-order valence-electron chi connectivity index (χ4n) is 13.4. The van der Waals surface area contributed by atoms with E-state index in [-0.39, 0.29) is 136 Å². The largest absolute Gasteiger partial charge is 0.481 e. The number of ketones is 5. The number of rotatable bonds is 60. The summed E-state index contributed by atoms with van der Waals surface area (Å²) in [4.78, 5) is 180. The van der Waals surface area contributed by atoms with Crippen LogP contribution in [0.5, 0.6) is 0 Å². The molecule has 0 bridgehead atoms. The Kier molecular flexibility index (Phi) is 46.2. The van der Waals surface area contributed by atoms with Gasteiger partial charge in [-0.15, -0.1) is 0 Å². The molecule has 10 unspecified atom stereocenters. The van der Waals surface area contributed by atoms with E-state index in [0.29, 0.717) is 108 Å². The van der Waals surface area contributed by atoms with Crippen LogP contribution in [0.15, 0.2) is 30.3 Å². The number of carbonyl (C=O) groups excluding carboxylic acids is 13. The monoisotopic (exact) mass is 1490 g/mol. The highest BCUT2D eigenvalue weighted by molar-refractivity contribution is 6.00. The summed E-state index contributed by atoms with van der Waals surface area (Å²) >= 11 is 0. The summed E-state index contributed by atoms with van der Waals surface area (Å²) in [7, 11) is 0. The summed E-state index contributed by atoms with van der Waals surface area (Å²) in [6.45, 7) is 19.6. The lowest BCUT2D eigenvalue weighted by molar-refractivity contribution is -0.158. The molecule has 4 amide bonds. The Balaban J connectivity index is 1.43. The van der Waals surface area contributed by atoms with Crippen LogP contribution in [0, 0.1) is 47.3 Å². The molecule has 0 radical (unpaired) electrons. The Bertz CT molecular complexity index is 2910. The number of benzene rings is 1. The molecule has 0 aliphatic carbocycles. The number of aliphatic carboxylic acids is 1. The minimum atomic E-state index is -1.20. The predicted molar refractivity (Wildman–Crippen MR) is 397 cm³/mol. The fraction of sp³-hybridized carbons (Fsp3) is 0.753. The number of unbranched alkanes of at least 4 members (excludes halogenated alkanes) is 11. The summed E-state index contributed by atoms with van der Waals surface area (Å²) in [5.41, 5.74) is 0.698. The highest BCUT2D eigenvalue weighted by Crippen LogP contribution is 2.36. The molecule has 2 heterocycles. The van der Waals surface area contributed by atoms with Crippen molar-refractivity contribution >= 4 is 82.4 Å². The minimum absolute atomic E-state index is 0.0186. The van der Waals surface area contributed by atoms with Crippen molar-refractivity contribution < 1.29 is 101 Å². The summed E-state index contributed by atoms with van der Waals surface area (Å²) < 4.78 is 34.8. The van der Waals surface area contributed by atoms with E-state index in [1.165, 1.54) is 6.92 Å². The van der Waals surface area contributed by atoms with Gasteiger partial charge in [-0.2, -0.15) is 0 Å². The van der Waals surface area contributed by atoms with Gasteiger partial charge in [0.2, 0.25) is 23.6 Å². The van der Waals surface area contributed by atoms with Crippen LogP contribution in [-0.2, 0) is 102 Å². The zero-order valence-electron chi connectivity index (χ0n) is 65.2. The molecule has 10 atom stereocenters. The van der Waals surface area contributed by atoms with Gasteiger partial charge in [0.15, 0.2) is 6.10 Å². The lowest BCUT2D eigenvalue weighted by Crippen LogP contribution is -2.48. The Hall–Kier alpha value is -7.28. The van der Waals surface area contributed by atoms with Gasteiger partial charge in [-0.05, 0) is 139 Å². The number of carboxylic acid groups (broad SMARTS) is 1. The molecule has 2 fully saturated rings. The number of esters is 4. The zero-order valence-corrected chi connectivity index (χ0v) is 65.2. The van der Waals surface area contributed by atoms with E-state index < -0.39 is 109 Å². The van der Waals surface area contributed by atoms with Crippen molar-refractivity contribution in [3.63, 3.8) is 0 Å². The van der Waals surface area contributed by atoms with E-state index in [9.17, 15) is 72.2 Å². The van der Waals surface area contributed by atoms with Crippen molar-refractivity contribution in [3.05, 3.63) is 35.9 Å². The lowest BCUT2D eigenvalue weighted by Gasteiger charge is -2.23. The van der Waals surface area contributed by atoms with Crippen LogP contribution in [0.3, 0.4) is 0 Å². The number of nitrogens with one attached hydrogen (secondary N) is 4. The van der Waals surface area contributed by atoms with Gasteiger partial charge in [0.1, 0.15) is 72.6 Å². The normalized spacial score (nSPS) is 17.1. The van der Waals surface area contributed by atoms with E-state index in [4.69, 9.17) is 28.4 Å². The van der Waals surface area contributed by atoms with E-state index in [0.717, 1.165) is 57.8 Å². The second-order valence-electron chi connectivity index (χ2n) is 30.9. The number of carbonyl (C=O) groups is 14. The van der Waals surface area contributed by atoms with Gasteiger partial charge in [-0.3, -0.25) is 52.7 Å². The van der Waals surface area contributed by atoms with E-state index in [1.807, 2.05) is 54.5 Å². The van der Waals surface area contributed by atoms with Crippen molar-refractivity contribution in [1.82, 2.24) is 21.3 Å². The first kappa shape index (κ1) is 92.9. The van der Waals surface area contributed by atoms with E-state index >= 15 is 0 Å². The predicted octanol–water partition coefficient (Wildman–Crippen LogP) is 11.2. The SMILES string of the molecule is CCC(CC(C)C)C(=O)OCCCCCCOC(=O)C(CC(C)C)NC(=O)CC(=O)NCCCCC(NC(=O)CC(=O)NC(CC(C)C)C(=O)OC1COC2C(CC(=O)C(CC(=O)CCCCCCCCC(=O)CCCCCC(CC(=O)CC(C)=O)C(=O)O)CC(C)C)COC12)C(=O)OCc1ccccc1. The van der Waals surface area contributed by atoms with Crippen molar-refractivity contribution in [3.8, 4) is 0 Å². The van der Waals surface area contributed by atoms with Crippen LogP contribution in [0.4, 0.5) is 0 Å². The van der Waals surface area contributed by atoms with Crippen LogP contribution in [-0.4, -0.2) is 157 Å². The smallest absolute Gasteiger partial charge is 0.329 e. The summed E-state index contributed by atoms with van der Waals surface area (Å²) in [5.74, 6) is -8.02. The average molecular weight is 1490 g/mol. The van der Waals surface area contributed by atoms with Gasteiger partial charge in [-0.1, -0.05) is 131 Å². The van der Waals surface area contributed by atoms with Gasteiger partial charge in [0, 0.05) is 56.9 Å². The number of ether oxygens (including phenoxy) is 6. The number of amides is 4. The van der Waals surface area contributed by atoms with E-state index in [2.05, 4.69) is 35.1 Å². The molecule has 0 saturated carbocycles. The molecular weight excluding hydrogens is 1360 g/mol. The maximum Gasteiger partial charge on any atom is 0.329 e. The second kappa shape index (κ2) is 52.7. The van der Waals surface area contributed by atoms with Gasteiger partial charge in [0.05, 0.1) is 50.8 Å². The Morgan fingerprint density at radius 3 is 1.52 bits per heavy atom. The molecule has 598 valence electrons. The van der Waals surface area contributed by atoms with Gasteiger partial charge >= 0.3 is 29.8 Å². The topological polar surface area (TPSA) is 363 Å². The molecular formula is C81H128N4O21.